The third kappa shape index (κ3) is 4.53. The van der Waals surface area contributed by atoms with E-state index in [1.165, 1.54) is 34.0 Å². The maximum Gasteiger partial charge on any atom is 0.406 e. The van der Waals surface area contributed by atoms with Crippen LogP contribution in [0.25, 0.3) is 0 Å². The fourth-order valence-electron chi connectivity index (χ4n) is 2.74. The van der Waals surface area contributed by atoms with E-state index in [-0.39, 0.29) is 21.8 Å². The van der Waals surface area contributed by atoms with Crippen LogP contribution in [0.2, 0.25) is 0 Å². The Bertz CT molecular complexity index is 1070. The number of rotatable bonds is 6. The van der Waals surface area contributed by atoms with E-state index in [9.17, 15) is 31.2 Å². The molecule has 2 rings (SSSR count). The Morgan fingerprint density at radius 3 is 2.32 bits per heavy atom. The van der Waals surface area contributed by atoms with Gasteiger partial charge < -0.3 is 9.13 Å². The monoisotopic (exact) mass is 419 g/mol. The number of pyridine rings is 1. The lowest BCUT2D eigenvalue weighted by molar-refractivity contribution is -0.141. The maximum absolute atomic E-state index is 12.7. The second-order valence-electron chi connectivity index (χ2n) is 6.53. The molecule has 0 spiro atoms. The Balaban J connectivity index is 2.39. The van der Waals surface area contributed by atoms with Crippen molar-refractivity contribution >= 4 is 15.8 Å². The minimum atomic E-state index is -4.44. The standard InChI is InChI=1S/C17H20F3N3O4S/c1-11-7-14(12(2)23(11)10-17(18,19)20)15(24)9-22-8-13(5-6-16(22)25)28(26,27)21(3)4/h5-8H,9-10H2,1-4H3. The Morgan fingerprint density at radius 1 is 1.18 bits per heavy atom. The molecule has 0 N–H and O–H groups in total. The fraction of sp³-hybridized carbons (Fsp3) is 0.412. The lowest BCUT2D eigenvalue weighted by atomic mass is 10.1. The molecule has 7 nitrogen and oxygen atoms in total. The van der Waals surface area contributed by atoms with Gasteiger partial charge in [0.15, 0.2) is 5.78 Å². The van der Waals surface area contributed by atoms with Crippen molar-refractivity contribution in [3.05, 3.63) is 51.7 Å². The van der Waals surface area contributed by atoms with Gasteiger partial charge in [-0.25, -0.2) is 12.7 Å². The first-order valence-electron chi connectivity index (χ1n) is 8.13. The Hall–Kier alpha value is -2.40. The number of carbonyl (C=O) groups is 1. The van der Waals surface area contributed by atoms with Crippen LogP contribution in [0.15, 0.2) is 34.1 Å². The average Bonchev–Trinajstić information content (AvgIpc) is 2.83. The number of nitrogens with zero attached hydrogens (tertiary/aromatic N) is 3. The molecule has 2 heterocycles. The summed E-state index contributed by atoms with van der Waals surface area (Å²) in [5.41, 5.74) is -0.163. The summed E-state index contributed by atoms with van der Waals surface area (Å²) in [6, 6.07) is 3.49. The Morgan fingerprint density at radius 2 is 1.79 bits per heavy atom. The molecule has 154 valence electrons. The van der Waals surface area contributed by atoms with E-state index < -0.39 is 40.6 Å². The molecule has 0 aliphatic heterocycles. The normalized spacial score (nSPS) is 12.6. The van der Waals surface area contributed by atoms with Crippen molar-refractivity contribution in [2.75, 3.05) is 14.1 Å². The number of alkyl halides is 3. The number of Topliss-reactive ketones (excluding diaryl/α,β-unsaturated/α-hetero) is 1. The minimum Gasteiger partial charge on any atom is -0.339 e. The number of sulfonamides is 1. The van der Waals surface area contributed by atoms with Crippen LogP contribution in [0.5, 0.6) is 0 Å². The molecule has 2 aromatic heterocycles. The summed E-state index contributed by atoms with van der Waals surface area (Å²) < 4.78 is 65.4. The van der Waals surface area contributed by atoms with Crippen LogP contribution < -0.4 is 5.56 Å². The van der Waals surface area contributed by atoms with Crippen molar-refractivity contribution < 1.29 is 26.4 Å². The van der Waals surface area contributed by atoms with Crippen LogP contribution in [0.4, 0.5) is 13.2 Å². The van der Waals surface area contributed by atoms with E-state index in [1.807, 2.05) is 0 Å². The molecule has 0 aromatic carbocycles. The third-order valence-corrected chi connectivity index (χ3v) is 6.06. The summed E-state index contributed by atoms with van der Waals surface area (Å²) in [4.78, 5) is 24.5. The fourth-order valence-corrected chi connectivity index (χ4v) is 3.66. The highest BCUT2D eigenvalue weighted by Gasteiger charge is 2.30. The molecule has 0 saturated carbocycles. The molecule has 0 fully saturated rings. The van der Waals surface area contributed by atoms with Crippen LogP contribution in [0.3, 0.4) is 0 Å². The minimum absolute atomic E-state index is 0.0505. The van der Waals surface area contributed by atoms with E-state index in [4.69, 9.17) is 0 Å². The highest BCUT2D eigenvalue weighted by atomic mass is 32.2. The van der Waals surface area contributed by atoms with Gasteiger partial charge in [-0.2, -0.15) is 13.2 Å². The number of ketones is 1. The van der Waals surface area contributed by atoms with Gasteiger partial charge in [-0.3, -0.25) is 9.59 Å². The lowest BCUT2D eigenvalue weighted by Crippen LogP contribution is -2.27. The van der Waals surface area contributed by atoms with Gasteiger partial charge in [-0.1, -0.05) is 0 Å². The molecule has 0 unspecified atom stereocenters. The predicted octanol–water partition coefficient (Wildman–Crippen LogP) is 1.96. The third-order valence-electron chi connectivity index (χ3n) is 4.26. The zero-order valence-corrected chi connectivity index (χ0v) is 16.6. The van der Waals surface area contributed by atoms with Crippen molar-refractivity contribution in [1.82, 2.24) is 13.4 Å². The van der Waals surface area contributed by atoms with Gasteiger partial charge in [0.25, 0.3) is 5.56 Å². The Labute approximate surface area is 160 Å². The molecule has 0 atom stereocenters. The zero-order valence-electron chi connectivity index (χ0n) is 15.7. The van der Waals surface area contributed by atoms with Crippen LogP contribution in [-0.4, -0.2) is 47.9 Å². The molecule has 0 bridgehead atoms. The van der Waals surface area contributed by atoms with Crippen LogP contribution in [0, 0.1) is 13.8 Å². The zero-order chi connectivity index (χ0) is 21.4. The van der Waals surface area contributed by atoms with E-state index in [0.29, 0.717) is 0 Å². The summed E-state index contributed by atoms with van der Waals surface area (Å²) in [5.74, 6) is -0.594. The maximum atomic E-state index is 12.7. The molecular formula is C17H20F3N3O4S. The van der Waals surface area contributed by atoms with Gasteiger partial charge in [-0.15, -0.1) is 0 Å². The van der Waals surface area contributed by atoms with E-state index in [1.54, 1.807) is 0 Å². The van der Waals surface area contributed by atoms with Gasteiger partial charge in [0.1, 0.15) is 6.54 Å². The lowest BCUT2D eigenvalue weighted by Gasteiger charge is -2.13. The van der Waals surface area contributed by atoms with E-state index in [2.05, 4.69) is 0 Å². The first-order valence-corrected chi connectivity index (χ1v) is 9.58. The first kappa shape index (κ1) is 21.9. The SMILES string of the molecule is Cc1cc(C(=O)Cn2cc(S(=O)(=O)N(C)C)ccc2=O)c(C)n1CC(F)(F)F. The van der Waals surface area contributed by atoms with Crippen molar-refractivity contribution in [1.29, 1.82) is 0 Å². The average molecular weight is 419 g/mol. The largest absolute Gasteiger partial charge is 0.406 e. The molecule has 2 aromatic rings. The predicted molar refractivity (Wildman–Crippen MR) is 95.9 cm³/mol. The van der Waals surface area contributed by atoms with Crippen molar-refractivity contribution in [2.24, 2.45) is 0 Å². The second-order valence-corrected chi connectivity index (χ2v) is 8.68. The summed E-state index contributed by atoms with van der Waals surface area (Å²) in [6.45, 7) is 1.12. The topological polar surface area (TPSA) is 81.4 Å². The molecule has 11 heteroatoms. The highest BCUT2D eigenvalue weighted by molar-refractivity contribution is 7.89. The van der Waals surface area contributed by atoms with E-state index >= 15 is 0 Å². The Kier molecular flexibility index (Phi) is 5.90. The van der Waals surface area contributed by atoms with Crippen molar-refractivity contribution in [3.8, 4) is 0 Å². The van der Waals surface area contributed by atoms with Crippen LogP contribution in [0.1, 0.15) is 21.7 Å². The summed E-state index contributed by atoms with van der Waals surface area (Å²) in [6.07, 6.45) is -3.40. The quantitative estimate of drug-likeness (QED) is 0.671. The van der Waals surface area contributed by atoms with Gasteiger partial charge >= 0.3 is 6.18 Å². The van der Waals surface area contributed by atoms with Gasteiger partial charge in [-0.05, 0) is 26.0 Å². The first-order chi connectivity index (χ1) is 12.7. The second kappa shape index (κ2) is 7.55. The molecule has 0 aliphatic carbocycles. The van der Waals surface area contributed by atoms with Crippen molar-refractivity contribution in [3.63, 3.8) is 0 Å². The number of hydrogen-bond donors (Lipinski definition) is 0. The molecule has 0 radical (unpaired) electrons. The number of aromatic nitrogens is 2. The molecule has 0 amide bonds. The number of aryl methyl sites for hydroxylation is 1. The number of halogens is 3. The summed E-state index contributed by atoms with van der Waals surface area (Å²) >= 11 is 0. The number of hydrogen-bond acceptors (Lipinski definition) is 4. The molecule has 0 aliphatic rings. The van der Waals surface area contributed by atoms with Crippen molar-refractivity contribution in [2.45, 2.75) is 38.0 Å². The summed E-state index contributed by atoms with van der Waals surface area (Å²) in [5, 5.41) is 0. The molecule has 0 saturated heterocycles. The number of carbonyl (C=O) groups excluding carboxylic acids is 1. The molecular weight excluding hydrogens is 399 g/mol. The van der Waals surface area contributed by atoms with E-state index in [0.717, 1.165) is 31.8 Å². The van der Waals surface area contributed by atoms with Gasteiger partial charge in [0.2, 0.25) is 10.0 Å². The van der Waals surface area contributed by atoms with Gasteiger partial charge in [0.05, 0.1) is 11.4 Å². The van der Waals surface area contributed by atoms with Gasteiger partial charge in [0, 0.05) is 43.3 Å². The smallest absolute Gasteiger partial charge is 0.339 e. The molecule has 28 heavy (non-hydrogen) atoms. The van der Waals surface area contributed by atoms with Crippen LogP contribution in [-0.2, 0) is 23.1 Å². The summed E-state index contributed by atoms with van der Waals surface area (Å²) in [7, 11) is -1.16. The highest BCUT2D eigenvalue weighted by Crippen LogP contribution is 2.23. The van der Waals surface area contributed by atoms with Crippen LogP contribution >= 0.6 is 0 Å².